The van der Waals surface area contributed by atoms with E-state index in [0.29, 0.717) is 12.4 Å². The maximum absolute atomic E-state index is 5.93. The molecule has 0 amide bonds. The molecule has 0 aliphatic rings. The van der Waals surface area contributed by atoms with Crippen molar-refractivity contribution in [3.05, 3.63) is 71.5 Å². The number of pyridine rings is 1. The van der Waals surface area contributed by atoms with Crippen LogP contribution >= 0.6 is 0 Å². The highest BCUT2D eigenvalue weighted by molar-refractivity contribution is 5.56. The summed E-state index contributed by atoms with van der Waals surface area (Å²) in [7, 11) is 0. The Labute approximate surface area is 160 Å². The second-order valence-corrected chi connectivity index (χ2v) is 6.53. The number of nitrogens with zero attached hydrogens (tertiary/aromatic N) is 3. The van der Waals surface area contributed by atoms with Crippen molar-refractivity contribution in [1.29, 1.82) is 0 Å². The van der Waals surface area contributed by atoms with Crippen LogP contribution in [0.2, 0.25) is 0 Å². The molecule has 1 unspecified atom stereocenters. The summed E-state index contributed by atoms with van der Waals surface area (Å²) in [5.41, 5.74) is 4.01. The van der Waals surface area contributed by atoms with Crippen LogP contribution < -0.4 is 5.32 Å². The van der Waals surface area contributed by atoms with Crippen molar-refractivity contribution in [2.45, 2.75) is 33.3 Å². The zero-order valence-electron chi connectivity index (χ0n) is 16.1. The van der Waals surface area contributed by atoms with Crippen LogP contribution in [0.25, 0.3) is 11.5 Å². The monoisotopic (exact) mass is 362 g/mol. The van der Waals surface area contributed by atoms with Gasteiger partial charge in [-0.1, -0.05) is 36.4 Å². The normalized spacial score (nSPS) is 12.0. The van der Waals surface area contributed by atoms with E-state index in [9.17, 15) is 0 Å². The lowest BCUT2D eigenvalue weighted by Crippen LogP contribution is -2.11. The lowest BCUT2D eigenvalue weighted by atomic mass is 10.1. The summed E-state index contributed by atoms with van der Waals surface area (Å²) in [5.74, 6) is 1.51. The minimum Gasteiger partial charge on any atom is -0.374 e. The molecule has 0 radical (unpaired) electrons. The molecular weight excluding hydrogens is 336 g/mol. The van der Waals surface area contributed by atoms with Crippen LogP contribution in [0.4, 0.5) is 5.82 Å². The third kappa shape index (κ3) is 5.11. The van der Waals surface area contributed by atoms with E-state index < -0.39 is 0 Å². The largest absolute Gasteiger partial charge is 0.374 e. The van der Waals surface area contributed by atoms with Gasteiger partial charge in [-0.15, -0.1) is 0 Å². The molecule has 0 saturated heterocycles. The van der Waals surface area contributed by atoms with E-state index >= 15 is 0 Å². The Morgan fingerprint density at radius 3 is 2.52 bits per heavy atom. The zero-order valence-corrected chi connectivity index (χ0v) is 16.1. The number of hydrogen-bond acceptors (Lipinski definition) is 5. The van der Waals surface area contributed by atoms with Gasteiger partial charge >= 0.3 is 0 Å². The molecule has 0 bridgehead atoms. The Hall–Kier alpha value is -2.79. The highest BCUT2D eigenvalue weighted by atomic mass is 16.5. The van der Waals surface area contributed by atoms with E-state index in [0.717, 1.165) is 35.7 Å². The Morgan fingerprint density at radius 2 is 1.78 bits per heavy atom. The Morgan fingerprint density at radius 1 is 1.00 bits per heavy atom. The van der Waals surface area contributed by atoms with Gasteiger partial charge < -0.3 is 10.1 Å². The van der Waals surface area contributed by atoms with Gasteiger partial charge in [-0.2, -0.15) is 0 Å². The van der Waals surface area contributed by atoms with Crippen LogP contribution in [0, 0.1) is 13.8 Å². The molecular formula is C22H26N4O. The molecule has 2 aromatic heterocycles. The van der Waals surface area contributed by atoms with Crippen LogP contribution in [0.5, 0.6) is 0 Å². The Bertz CT molecular complexity index is 853. The lowest BCUT2D eigenvalue weighted by molar-refractivity contribution is 0.0656. The molecule has 3 rings (SSSR count). The fourth-order valence-electron chi connectivity index (χ4n) is 2.77. The number of aromatic nitrogens is 3. The fourth-order valence-corrected chi connectivity index (χ4v) is 2.77. The molecule has 0 aliphatic carbocycles. The van der Waals surface area contributed by atoms with Gasteiger partial charge in [0.25, 0.3) is 0 Å². The first-order valence-corrected chi connectivity index (χ1v) is 9.32. The molecule has 0 saturated carbocycles. The molecule has 27 heavy (non-hydrogen) atoms. The van der Waals surface area contributed by atoms with E-state index in [1.165, 1.54) is 5.56 Å². The molecule has 0 aliphatic heterocycles. The summed E-state index contributed by atoms with van der Waals surface area (Å²) in [4.78, 5) is 13.6. The number of rotatable bonds is 8. The maximum Gasteiger partial charge on any atom is 0.180 e. The van der Waals surface area contributed by atoms with E-state index in [2.05, 4.69) is 39.3 Å². The predicted molar refractivity (Wildman–Crippen MR) is 109 cm³/mol. The third-order valence-electron chi connectivity index (χ3n) is 4.53. The van der Waals surface area contributed by atoms with Crippen LogP contribution in [0.15, 0.2) is 54.7 Å². The zero-order chi connectivity index (χ0) is 19.1. The second kappa shape index (κ2) is 9.24. The number of aryl methyl sites for hydroxylation is 1. The SMILES string of the molecule is Cc1nc(-c2ccccn2)nc(NCCCOC(C)c2ccccc2)c1C. The van der Waals surface area contributed by atoms with Crippen molar-refractivity contribution >= 4 is 5.82 Å². The number of ether oxygens (including phenoxy) is 1. The smallest absolute Gasteiger partial charge is 0.180 e. The summed E-state index contributed by atoms with van der Waals surface area (Å²) in [6.07, 6.45) is 2.76. The van der Waals surface area contributed by atoms with Gasteiger partial charge in [-0.05, 0) is 44.9 Å². The maximum atomic E-state index is 5.93. The average molecular weight is 362 g/mol. The van der Waals surface area contributed by atoms with E-state index in [4.69, 9.17) is 4.74 Å². The van der Waals surface area contributed by atoms with Gasteiger partial charge in [0.1, 0.15) is 11.5 Å². The van der Waals surface area contributed by atoms with Crippen LogP contribution in [0.3, 0.4) is 0 Å². The first kappa shape index (κ1) is 19.0. The van der Waals surface area contributed by atoms with E-state index in [1.54, 1.807) is 6.20 Å². The molecule has 140 valence electrons. The van der Waals surface area contributed by atoms with Gasteiger partial charge in [-0.25, -0.2) is 9.97 Å². The molecule has 1 N–H and O–H groups in total. The number of anilines is 1. The van der Waals surface area contributed by atoms with Crippen LogP contribution in [-0.2, 0) is 4.74 Å². The van der Waals surface area contributed by atoms with Crippen molar-refractivity contribution in [1.82, 2.24) is 15.0 Å². The lowest BCUT2D eigenvalue weighted by Gasteiger charge is -2.15. The molecule has 5 heteroatoms. The number of hydrogen-bond donors (Lipinski definition) is 1. The van der Waals surface area contributed by atoms with E-state index in [-0.39, 0.29) is 6.10 Å². The molecule has 0 spiro atoms. The average Bonchev–Trinajstić information content (AvgIpc) is 2.71. The van der Waals surface area contributed by atoms with Gasteiger partial charge in [0.15, 0.2) is 5.82 Å². The summed E-state index contributed by atoms with van der Waals surface area (Å²) >= 11 is 0. The highest BCUT2D eigenvalue weighted by Gasteiger charge is 2.10. The summed E-state index contributed by atoms with van der Waals surface area (Å²) in [5, 5.41) is 3.42. The summed E-state index contributed by atoms with van der Waals surface area (Å²) < 4.78 is 5.93. The predicted octanol–water partition coefficient (Wildman–Crippen LogP) is 4.74. The Balaban J connectivity index is 1.54. The second-order valence-electron chi connectivity index (χ2n) is 6.53. The van der Waals surface area contributed by atoms with Gasteiger partial charge in [0.05, 0.1) is 6.10 Å². The quantitative estimate of drug-likeness (QED) is 0.587. The molecule has 2 heterocycles. The molecule has 1 aromatic carbocycles. The Kier molecular flexibility index (Phi) is 6.49. The molecule has 3 aromatic rings. The number of benzene rings is 1. The minimum absolute atomic E-state index is 0.102. The van der Waals surface area contributed by atoms with Crippen molar-refractivity contribution in [2.24, 2.45) is 0 Å². The van der Waals surface area contributed by atoms with E-state index in [1.807, 2.05) is 50.2 Å². The summed E-state index contributed by atoms with van der Waals surface area (Å²) in [6.45, 7) is 7.60. The standard InChI is InChI=1S/C22H26N4O/c1-16-17(2)25-22(20-12-7-8-13-23-20)26-21(16)24-14-9-15-27-18(3)19-10-5-4-6-11-19/h4-8,10-13,18H,9,14-15H2,1-3H3,(H,24,25,26). The van der Waals surface area contributed by atoms with Gasteiger partial charge in [0.2, 0.25) is 0 Å². The first-order chi connectivity index (χ1) is 13.1. The van der Waals surface area contributed by atoms with Gasteiger partial charge in [-0.3, -0.25) is 4.98 Å². The summed E-state index contributed by atoms with van der Waals surface area (Å²) in [6, 6.07) is 16.0. The van der Waals surface area contributed by atoms with Crippen LogP contribution in [0.1, 0.15) is 36.3 Å². The molecule has 0 fully saturated rings. The van der Waals surface area contributed by atoms with Crippen molar-refractivity contribution in [3.63, 3.8) is 0 Å². The van der Waals surface area contributed by atoms with Crippen LogP contribution in [-0.4, -0.2) is 28.1 Å². The molecule has 5 nitrogen and oxygen atoms in total. The van der Waals surface area contributed by atoms with Crippen molar-refractivity contribution in [3.8, 4) is 11.5 Å². The van der Waals surface area contributed by atoms with Crippen molar-refractivity contribution in [2.75, 3.05) is 18.5 Å². The third-order valence-corrected chi connectivity index (χ3v) is 4.53. The minimum atomic E-state index is 0.102. The molecule has 1 atom stereocenters. The topological polar surface area (TPSA) is 59.9 Å². The highest BCUT2D eigenvalue weighted by Crippen LogP contribution is 2.20. The van der Waals surface area contributed by atoms with Crippen molar-refractivity contribution < 1.29 is 4.74 Å². The first-order valence-electron chi connectivity index (χ1n) is 9.32. The number of nitrogens with one attached hydrogen (secondary N) is 1. The van der Waals surface area contributed by atoms with Gasteiger partial charge in [0, 0.05) is 30.6 Å². The fraction of sp³-hybridized carbons (Fsp3) is 0.318.